The minimum atomic E-state index is 0.496. The van der Waals surface area contributed by atoms with Gasteiger partial charge in [-0.3, -0.25) is 0 Å². The zero-order valence-electron chi connectivity index (χ0n) is 9.28. The summed E-state index contributed by atoms with van der Waals surface area (Å²) in [6.07, 6.45) is 3.44. The lowest BCUT2D eigenvalue weighted by molar-refractivity contribution is 0.857. The number of aromatic nitrogens is 2. The molecule has 0 bridgehead atoms. The molecular formula is C10H18N4. The number of imidazole rings is 1. The Balaban J connectivity index is 0.000000791. The standard InChI is InChI=1S/C8H12N4.C2H6/c1-4-8-10-6(2)5-12(8)11-7(3)9;1-2/h4-5H,1H2,2-3H3,(H2,9,11);1-2H3. The molecule has 0 unspecified atom stereocenters. The predicted octanol–water partition coefficient (Wildman–Crippen LogP) is 2.00. The van der Waals surface area contributed by atoms with Crippen molar-refractivity contribution in [2.75, 3.05) is 0 Å². The normalized spacial score (nSPS) is 10.4. The number of rotatable bonds is 2. The van der Waals surface area contributed by atoms with E-state index in [2.05, 4.69) is 16.7 Å². The van der Waals surface area contributed by atoms with Crippen LogP contribution in [0.25, 0.3) is 6.08 Å². The molecule has 78 valence electrons. The van der Waals surface area contributed by atoms with Gasteiger partial charge in [0.1, 0.15) is 5.84 Å². The van der Waals surface area contributed by atoms with Crippen LogP contribution in [-0.2, 0) is 0 Å². The molecular weight excluding hydrogens is 176 g/mol. The third-order valence-electron chi connectivity index (χ3n) is 1.28. The van der Waals surface area contributed by atoms with Gasteiger partial charge in [0.2, 0.25) is 0 Å². The minimum Gasteiger partial charge on any atom is -0.386 e. The molecule has 0 radical (unpaired) electrons. The molecule has 0 spiro atoms. The van der Waals surface area contributed by atoms with Gasteiger partial charge in [-0.15, -0.1) is 0 Å². The maximum absolute atomic E-state index is 5.42. The van der Waals surface area contributed by atoms with E-state index < -0.39 is 0 Å². The molecule has 0 amide bonds. The number of hydrogen-bond acceptors (Lipinski definition) is 2. The Morgan fingerprint density at radius 2 is 2.21 bits per heavy atom. The maximum atomic E-state index is 5.42. The first-order valence-corrected chi connectivity index (χ1v) is 4.63. The second-order valence-corrected chi connectivity index (χ2v) is 2.53. The number of amidine groups is 1. The number of hydrogen-bond donors (Lipinski definition) is 1. The average Bonchev–Trinajstić information content (AvgIpc) is 2.48. The van der Waals surface area contributed by atoms with Crippen LogP contribution in [0.15, 0.2) is 17.9 Å². The highest BCUT2D eigenvalue weighted by atomic mass is 15.4. The zero-order chi connectivity index (χ0) is 11.1. The fourth-order valence-corrected chi connectivity index (χ4v) is 0.893. The summed E-state index contributed by atoms with van der Waals surface area (Å²) < 4.78 is 1.61. The van der Waals surface area contributed by atoms with E-state index in [1.54, 1.807) is 23.9 Å². The van der Waals surface area contributed by atoms with Gasteiger partial charge in [0.05, 0.1) is 11.9 Å². The Morgan fingerprint density at radius 3 is 2.64 bits per heavy atom. The molecule has 0 saturated carbocycles. The molecule has 0 fully saturated rings. The van der Waals surface area contributed by atoms with Gasteiger partial charge in [-0.2, -0.15) is 5.10 Å². The minimum absolute atomic E-state index is 0.496. The van der Waals surface area contributed by atoms with Crippen molar-refractivity contribution in [3.05, 3.63) is 24.3 Å². The lowest BCUT2D eigenvalue weighted by Crippen LogP contribution is -2.08. The Labute approximate surface area is 85.1 Å². The van der Waals surface area contributed by atoms with Crippen LogP contribution in [0.2, 0.25) is 0 Å². The summed E-state index contributed by atoms with van der Waals surface area (Å²) in [4.78, 5) is 4.16. The highest BCUT2D eigenvalue weighted by Gasteiger charge is 1.99. The Bertz CT molecular complexity index is 319. The molecule has 1 aromatic rings. The van der Waals surface area contributed by atoms with Gasteiger partial charge in [-0.1, -0.05) is 20.4 Å². The summed E-state index contributed by atoms with van der Waals surface area (Å²) in [5.74, 6) is 1.20. The van der Waals surface area contributed by atoms with E-state index in [0.717, 1.165) is 5.69 Å². The lowest BCUT2D eigenvalue weighted by Gasteiger charge is -1.95. The Kier molecular flexibility index (Phi) is 5.29. The topological polar surface area (TPSA) is 56.2 Å². The van der Waals surface area contributed by atoms with E-state index in [0.29, 0.717) is 11.7 Å². The molecule has 1 rings (SSSR count). The van der Waals surface area contributed by atoms with Gasteiger partial charge in [0, 0.05) is 0 Å². The van der Waals surface area contributed by atoms with Crippen molar-refractivity contribution in [1.82, 2.24) is 9.66 Å². The fourth-order valence-electron chi connectivity index (χ4n) is 0.893. The van der Waals surface area contributed by atoms with Crippen molar-refractivity contribution in [2.45, 2.75) is 27.7 Å². The molecule has 0 aliphatic carbocycles. The molecule has 0 aliphatic heterocycles. The first-order chi connectivity index (χ1) is 6.63. The maximum Gasteiger partial charge on any atom is 0.153 e. The highest BCUT2D eigenvalue weighted by molar-refractivity contribution is 5.77. The van der Waals surface area contributed by atoms with Crippen molar-refractivity contribution >= 4 is 11.9 Å². The van der Waals surface area contributed by atoms with Crippen molar-refractivity contribution in [2.24, 2.45) is 10.8 Å². The van der Waals surface area contributed by atoms with Crippen molar-refractivity contribution in [3.8, 4) is 0 Å². The molecule has 0 aromatic carbocycles. The second kappa shape index (κ2) is 5.96. The fraction of sp³-hybridized carbons (Fsp3) is 0.400. The summed E-state index contributed by atoms with van der Waals surface area (Å²) in [5.41, 5.74) is 6.32. The summed E-state index contributed by atoms with van der Waals surface area (Å²) in [5, 5.41) is 4.03. The SMILES string of the molecule is C=Cc1nc(C)cn1/N=C(\C)N.CC. The van der Waals surface area contributed by atoms with Crippen molar-refractivity contribution in [1.29, 1.82) is 0 Å². The second-order valence-electron chi connectivity index (χ2n) is 2.53. The van der Waals surface area contributed by atoms with Gasteiger partial charge in [0.15, 0.2) is 5.82 Å². The van der Waals surface area contributed by atoms with Gasteiger partial charge in [-0.05, 0) is 19.9 Å². The van der Waals surface area contributed by atoms with Crippen LogP contribution in [0, 0.1) is 6.92 Å². The van der Waals surface area contributed by atoms with Crippen LogP contribution in [0.1, 0.15) is 32.3 Å². The van der Waals surface area contributed by atoms with Crippen molar-refractivity contribution < 1.29 is 0 Å². The summed E-state index contributed by atoms with van der Waals surface area (Å²) in [7, 11) is 0. The van der Waals surface area contributed by atoms with E-state index in [1.165, 1.54) is 0 Å². The smallest absolute Gasteiger partial charge is 0.153 e. The monoisotopic (exact) mass is 194 g/mol. The first-order valence-electron chi connectivity index (χ1n) is 4.63. The van der Waals surface area contributed by atoms with Crippen molar-refractivity contribution in [3.63, 3.8) is 0 Å². The predicted molar refractivity (Wildman–Crippen MR) is 61.1 cm³/mol. The molecule has 0 atom stereocenters. The van der Waals surface area contributed by atoms with Gasteiger partial charge >= 0.3 is 0 Å². The third kappa shape index (κ3) is 3.43. The quantitative estimate of drug-likeness (QED) is 0.578. The van der Waals surface area contributed by atoms with Crippen LogP contribution in [0.3, 0.4) is 0 Å². The van der Waals surface area contributed by atoms with Gasteiger partial charge in [-0.25, -0.2) is 9.66 Å². The number of nitrogens with two attached hydrogens (primary N) is 1. The highest BCUT2D eigenvalue weighted by Crippen LogP contribution is 2.02. The number of nitrogens with zero attached hydrogens (tertiary/aromatic N) is 3. The molecule has 2 N–H and O–H groups in total. The van der Waals surface area contributed by atoms with E-state index >= 15 is 0 Å². The molecule has 4 heteroatoms. The van der Waals surface area contributed by atoms with E-state index in [-0.39, 0.29) is 0 Å². The molecule has 14 heavy (non-hydrogen) atoms. The Hall–Kier alpha value is -1.58. The zero-order valence-corrected chi connectivity index (χ0v) is 9.28. The molecule has 1 heterocycles. The van der Waals surface area contributed by atoms with Crippen LogP contribution < -0.4 is 5.73 Å². The molecule has 1 aromatic heterocycles. The summed E-state index contributed by atoms with van der Waals surface area (Å²) >= 11 is 0. The third-order valence-corrected chi connectivity index (χ3v) is 1.28. The van der Waals surface area contributed by atoms with Gasteiger partial charge < -0.3 is 5.73 Å². The average molecular weight is 194 g/mol. The molecule has 4 nitrogen and oxygen atoms in total. The van der Waals surface area contributed by atoms with Crippen LogP contribution in [0.5, 0.6) is 0 Å². The van der Waals surface area contributed by atoms with E-state index in [4.69, 9.17) is 5.73 Å². The van der Waals surface area contributed by atoms with E-state index in [9.17, 15) is 0 Å². The number of aryl methyl sites for hydroxylation is 1. The van der Waals surface area contributed by atoms with Crippen LogP contribution in [0.4, 0.5) is 0 Å². The summed E-state index contributed by atoms with van der Waals surface area (Å²) in [6.45, 7) is 11.2. The lowest BCUT2D eigenvalue weighted by atomic mass is 10.6. The van der Waals surface area contributed by atoms with Gasteiger partial charge in [0.25, 0.3) is 0 Å². The summed E-state index contributed by atoms with van der Waals surface area (Å²) in [6, 6.07) is 0. The van der Waals surface area contributed by atoms with Crippen LogP contribution >= 0.6 is 0 Å². The van der Waals surface area contributed by atoms with Crippen LogP contribution in [-0.4, -0.2) is 15.5 Å². The molecule has 0 saturated heterocycles. The largest absolute Gasteiger partial charge is 0.386 e. The Morgan fingerprint density at radius 1 is 1.64 bits per heavy atom. The molecule has 0 aliphatic rings. The van der Waals surface area contributed by atoms with E-state index in [1.807, 2.05) is 20.8 Å². The first kappa shape index (κ1) is 12.4.